The van der Waals surface area contributed by atoms with Crippen LogP contribution in [-0.2, 0) is 9.53 Å². The molecule has 0 saturated carbocycles. The molecule has 0 atom stereocenters. The zero-order valence-electron chi connectivity index (χ0n) is 15.4. The Morgan fingerprint density at radius 1 is 1.00 bits per heavy atom. The summed E-state index contributed by atoms with van der Waals surface area (Å²) in [6, 6.07) is 8.42. The number of ether oxygens (including phenoxy) is 4. The highest BCUT2D eigenvalue weighted by molar-refractivity contribution is 9.10. The van der Waals surface area contributed by atoms with Gasteiger partial charge in [-0.1, -0.05) is 15.9 Å². The SMILES string of the molecule is COc1ccc(C(=O)OCC(=O)Nc2ccc(Br)c(C)c2)c(OC)c1OC. The zero-order chi connectivity index (χ0) is 20.0. The lowest BCUT2D eigenvalue weighted by Crippen LogP contribution is -2.21. The minimum atomic E-state index is -0.713. The molecule has 27 heavy (non-hydrogen) atoms. The number of methoxy groups -OCH3 is 3. The molecule has 0 aliphatic heterocycles. The molecule has 0 bridgehead atoms. The number of anilines is 1. The Bertz CT molecular complexity index is 852. The van der Waals surface area contributed by atoms with Crippen LogP contribution in [-0.4, -0.2) is 39.8 Å². The summed E-state index contributed by atoms with van der Waals surface area (Å²) in [5.41, 5.74) is 1.71. The number of esters is 1. The maximum absolute atomic E-state index is 12.4. The number of hydrogen-bond donors (Lipinski definition) is 1. The number of halogens is 1. The molecule has 0 aromatic heterocycles. The molecule has 0 radical (unpaired) electrons. The monoisotopic (exact) mass is 437 g/mol. The third-order valence-electron chi connectivity index (χ3n) is 3.70. The van der Waals surface area contributed by atoms with Crippen molar-refractivity contribution < 1.29 is 28.5 Å². The molecule has 0 unspecified atom stereocenters. The lowest BCUT2D eigenvalue weighted by atomic mass is 10.1. The fraction of sp³-hybridized carbons (Fsp3) is 0.263. The summed E-state index contributed by atoms with van der Waals surface area (Å²) in [5.74, 6) is -0.316. The molecule has 0 heterocycles. The Hall–Kier alpha value is -2.74. The van der Waals surface area contributed by atoms with Gasteiger partial charge in [0.1, 0.15) is 5.56 Å². The molecule has 0 saturated heterocycles. The predicted molar refractivity (Wildman–Crippen MR) is 104 cm³/mol. The Balaban J connectivity index is 2.06. The molecule has 0 fully saturated rings. The van der Waals surface area contributed by atoms with E-state index in [1.165, 1.54) is 27.4 Å². The lowest BCUT2D eigenvalue weighted by molar-refractivity contribution is -0.119. The van der Waals surface area contributed by atoms with Gasteiger partial charge in [-0.2, -0.15) is 0 Å². The van der Waals surface area contributed by atoms with E-state index < -0.39 is 18.5 Å². The average Bonchev–Trinajstić information content (AvgIpc) is 2.67. The van der Waals surface area contributed by atoms with E-state index in [0.717, 1.165) is 10.0 Å². The second-order valence-electron chi connectivity index (χ2n) is 5.47. The average molecular weight is 438 g/mol. The van der Waals surface area contributed by atoms with Crippen LogP contribution in [0, 0.1) is 6.92 Å². The van der Waals surface area contributed by atoms with Gasteiger partial charge >= 0.3 is 5.97 Å². The summed E-state index contributed by atoms with van der Waals surface area (Å²) in [6.07, 6.45) is 0. The van der Waals surface area contributed by atoms with Crippen LogP contribution in [0.15, 0.2) is 34.8 Å². The normalized spacial score (nSPS) is 10.1. The number of nitrogens with one attached hydrogen (secondary N) is 1. The van der Waals surface area contributed by atoms with E-state index in [2.05, 4.69) is 21.2 Å². The molecule has 0 aliphatic rings. The van der Waals surface area contributed by atoms with Gasteiger partial charge in [-0.05, 0) is 42.8 Å². The number of benzene rings is 2. The van der Waals surface area contributed by atoms with Crippen molar-refractivity contribution >= 4 is 33.5 Å². The number of amides is 1. The summed E-state index contributed by atoms with van der Waals surface area (Å²) >= 11 is 3.39. The first-order valence-electron chi connectivity index (χ1n) is 7.93. The van der Waals surface area contributed by atoms with Crippen molar-refractivity contribution in [3.05, 3.63) is 45.9 Å². The molecular formula is C19H20BrNO6. The number of aryl methyl sites for hydroxylation is 1. The zero-order valence-corrected chi connectivity index (χ0v) is 17.0. The van der Waals surface area contributed by atoms with Gasteiger partial charge in [0.15, 0.2) is 18.1 Å². The lowest BCUT2D eigenvalue weighted by Gasteiger charge is -2.15. The van der Waals surface area contributed by atoms with Crippen LogP contribution in [0.25, 0.3) is 0 Å². The molecule has 2 aromatic carbocycles. The highest BCUT2D eigenvalue weighted by Gasteiger charge is 2.22. The highest BCUT2D eigenvalue weighted by Crippen LogP contribution is 2.39. The quantitative estimate of drug-likeness (QED) is 0.666. The minimum Gasteiger partial charge on any atom is -0.493 e. The summed E-state index contributed by atoms with van der Waals surface area (Å²) in [5, 5.41) is 2.67. The van der Waals surface area contributed by atoms with Crippen LogP contribution >= 0.6 is 15.9 Å². The van der Waals surface area contributed by atoms with Crippen LogP contribution in [0.1, 0.15) is 15.9 Å². The standard InChI is InChI=1S/C19H20BrNO6/c1-11-9-12(5-7-14(11)20)21-16(22)10-27-19(23)13-6-8-15(24-2)18(26-4)17(13)25-3/h5-9H,10H2,1-4H3,(H,21,22). The summed E-state index contributed by atoms with van der Waals surface area (Å²) < 4.78 is 21.7. The van der Waals surface area contributed by atoms with E-state index in [9.17, 15) is 9.59 Å². The van der Waals surface area contributed by atoms with Crippen LogP contribution in [0.4, 0.5) is 5.69 Å². The first-order chi connectivity index (χ1) is 12.9. The van der Waals surface area contributed by atoms with E-state index in [1.54, 1.807) is 18.2 Å². The molecule has 8 heteroatoms. The Morgan fingerprint density at radius 3 is 2.30 bits per heavy atom. The summed E-state index contributed by atoms with van der Waals surface area (Å²) in [6.45, 7) is 1.47. The number of carbonyl (C=O) groups excluding carboxylic acids is 2. The molecule has 1 amide bonds. The van der Waals surface area contributed by atoms with Crippen molar-refractivity contribution in [3.8, 4) is 17.2 Å². The first kappa shape index (κ1) is 20.6. The van der Waals surface area contributed by atoms with E-state index in [1.807, 2.05) is 13.0 Å². The van der Waals surface area contributed by atoms with Gasteiger partial charge in [-0.15, -0.1) is 0 Å². The van der Waals surface area contributed by atoms with Crippen LogP contribution in [0.3, 0.4) is 0 Å². The Labute approximate surface area is 165 Å². The largest absolute Gasteiger partial charge is 0.493 e. The Kier molecular flexibility index (Phi) is 7.06. The minimum absolute atomic E-state index is 0.127. The van der Waals surface area contributed by atoms with E-state index in [4.69, 9.17) is 18.9 Å². The van der Waals surface area contributed by atoms with Crippen molar-refractivity contribution in [2.75, 3.05) is 33.3 Å². The van der Waals surface area contributed by atoms with Gasteiger partial charge in [-0.3, -0.25) is 4.79 Å². The molecule has 0 spiro atoms. The maximum atomic E-state index is 12.4. The summed E-state index contributed by atoms with van der Waals surface area (Å²) in [7, 11) is 4.31. The van der Waals surface area contributed by atoms with Gasteiger partial charge in [0.2, 0.25) is 5.75 Å². The topological polar surface area (TPSA) is 83.1 Å². The van der Waals surface area contributed by atoms with Crippen LogP contribution < -0.4 is 19.5 Å². The summed E-state index contributed by atoms with van der Waals surface area (Å²) in [4.78, 5) is 24.4. The number of carbonyl (C=O) groups is 2. The van der Waals surface area contributed by atoms with E-state index in [0.29, 0.717) is 11.4 Å². The van der Waals surface area contributed by atoms with Crippen molar-refractivity contribution in [2.45, 2.75) is 6.92 Å². The number of rotatable bonds is 7. The van der Waals surface area contributed by atoms with Gasteiger partial charge < -0.3 is 24.3 Å². The highest BCUT2D eigenvalue weighted by atomic mass is 79.9. The van der Waals surface area contributed by atoms with Crippen molar-refractivity contribution in [2.24, 2.45) is 0 Å². The first-order valence-corrected chi connectivity index (χ1v) is 8.72. The van der Waals surface area contributed by atoms with Gasteiger partial charge in [0, 0.05) is 10.2 Å². The van der Waals surface area contributed by atoms with Crippen LogP contribution in [0.5, 0.6) is 17.2 Å². The molecular weight excluding hydrogens is 418 g/mol. The van der Waals surface area contributed by atoms with Crippen molar-refractivity contribution in [1.29, 1.82) is 0 Å². The van der Waals surface area contributed by atoms with E-state index >= 15 is 0 Å². The molecule has 7 nitrogen and oxygen atoms in total. The second kappa shape index (κ2) is 9.27. The Morgan fingerprint density at radius 2 is 1.70 bits per heavy atom. The molecule has 144 valence electrons. The molecule has 2 aromatic rings. The van der Waals surface area contributed by atoms with Crippen molar-refractivity contribution in [1.82, 2.24) is 0 Å². The molecule has 0 aliphatic carbocycles. The van der Waals surface area contributed by atoms with Gasteiger partial charge in [0.05, 0.1) is 21.3 Å². The van der Waals surface area contributed by atoms with E-state index in [-0.39, 0.29) is 17.1 Å². The molecule has 2 rings (SSSR count). The fourth-order valence-electron chi connectivity index (χ4n) is 2.39. The smallest absolute Gasteiger partial charge is 0.342 e. The van der Waals surface area contributed by atoms with Gasteiger partial charge in [-0.25, -0.2) is 4.79 Å². The van der Waals surface area contributed by atoms with Crippen LogP contribution in [0.2, 0.25) is 0 Å². The third-order valence-corrected chi connectivity index (χ3v) is 4.59. The molecule has 1 N–H and O–H groups in total. The third kappa shape index (κ3) is 4.91. The number of hydrogen-bond acceptors (Lipinski definition) is 6. The maximum Gasteiger partial charge on any atom is 0.342 e. The van der Waals surface area contributed by atoms with Crippen molar-refractivity contribution in [3.63, 3.8) is 0 Å². The second-order valence-corrected chi connectivity index (χ2v) is 6.32. The fourth-order valence-corrected chi connectivity index (χ4v) is 2.64. The predicted octanol–water partition coefficient (Wildman–Crippen LogP) is 3.58. The van der Waals surface area contributed by atoms with Gasteiger partial charge in [0.25, 0.3) is 5.91 Å².